The third-order valence-electron chi connectivity index (χ3n) is 3.79. The van der Waals surface area contributed by atoms with Crippen molar-refractivity contribution >= 4 is 11.8 Å². The molecule has 0 aromatic heterocycles. The molecule has 2 aromatic rings. The second kappa shape index (κ2) is 7.91. The number of halogens is 6. The van der Waals surface area contributed by atoms with Crippen LogP contribution in [0.4, 0.5) is 26.3 Å². The van der Waals surface area contributed by atoms with Gasteiger partial charge in [-0.25, -0.2) is 0 Å². The van der Waals surface area contributed by atoms with Crippen molar-refractivity contribution in [2.45, 2.75) is 24.8 Å². The number of nitrogens with one attached hydrogen (secondary N) is 1. The summed E-state index contributed by atoms with van der Waals surface area (Å²) in [5.74, 6) is -2.06. The second-order valence-electron chi connectivity index (χ2n) is 5.91. The lowest BCUT2D eigenvalue weighted by molar-refractivity contribution is -0.138. The molecule has 0 radical (unpaired) electrons. The van der Waals surface area contributed by atoms with E-state index >= 15 is 0 Å². The van der Waals surface area contributed by atoms with Crippen molar-refractivity contribution in [3.8, 4) is 0 Å². The maximum atomic E-state index is 12.8. The normalized spacial score (nSPS) is 13.1. The number of nitrogens with two attached hydrogens (primary N) is 1. The summed E-state index contributed by atoms with van der Waals surface area (Å²) in [6.07, 6.45) is -9.62. The predicted molar refractivity (Wildman–Crippen MR) is 87.0 cm³/mol. The molecule has 3 N–H and O–H groups in total. The SMILES string of the molecule is NC(=O)[C@@H](Cc1cccc(C(F)(F)F)c1)NC(=O)c1cccc(C(F)(F)F)c1. The van der Waals surface area contributed by atoms with Crippen LogP contribution in [0.15, 0.2) is 48.5 Å². The highest BCUT2D eigenvalue weighted by molar-refractivity contribution is 5.97. The first-order chi connectivity index (χ1) is 12.9. The van der Waals surface area contributed by atoms with Crippen molar-refractivity contribution < 1.29 is 35.9 Å². The van der Waals surface area contributed by atoms with E-state index < -0.39 is 41.3 Å². The maximum Gasteiger partial charge on any atom is 0.416 e. The molecular weight excluding hydrogens is 390 g/mol. The smallest absolute Gasteiger partial charge is 0.368 e. The van der Waals surface area contributed by atoms with Gasteiger partial charge in [-0.1, -0.05) is 24.3 Å². The van der Waals surface area contributed by atoms with Crippen molar-refractivity contribution in [2.24, 2.45) is 5.73 Å². The average Bonchev–Trinajstić information content (AvgIpc) is 2.60. The fourth-order valence-electron chi connectivity index (χ4n) is 2.41. The molecule has 2 amide bonds. The highest BCUT2D eigenvalue weighted by Crippen LogP contribution is 2.30. The molecule has 0 spiro atoms. The van der Waals surface area contributed by atoms with Gasteiger partial charge >= 0.3 is 12.4 Å². The Kier molecular flexibility index (Phi) is 6.01. The zero-order valence-corrected chi connectivity index (χ0v) is 14.1. The summed E-state index contributed by atoms with van der Waals surface area (Å²) >= 11 is 0. The van der Waals surface area contributed by atoms with Crippen LogP contribution < -0.4 is 11.1 Å². The molecule has 2 aromatic carbocycles. The van der Waals surface area contributed by atoms with Gasteiger partial charge in [0.25, 0.3) is 5.91 Å². The number of amides is 2. The minimum Gasteiger partial charge on any atom is -0.368 e. The zero-order chi connectivity index (χ0) is 21.1. The van der Waals surface area contributed by atoms with Crippen molar-refractivity contribution in [3.63, 3.8) is 0 Å². The summed E-state index contributed by atoms with van der Waals surface area (Å²) in [7, 11) is 0. The van der Waals surface area contributed by atoms with E-state index in [1.54, 1.807) is 0 Å². The van der Waals surface area contributed by atoms with E-state index in [4.69, 9.17) is 5.73 Å². The van der Waals surface area contributed by atoms with Crippen molar-refractivity contribution in [3.05, 3.63) is 70.8 Å². The Balaban J connectivity index is 2.20. The molecular formula is C18H14F6N2O2. The molecule has 0 saturated heterocycles. The van der Waals surface area contributed by atoms with Crippen LogP contribution in [0.3, 0.4) is 0 Å². The molecule has 0 unspecified atom stereocenters. The van der Waals surface area contributed by atoms with Gasteiger partial charge in [0.2, 0.25) is 5.91 Å². The third-order valence-corrected chi connectivity index (χ3v) is 3.79. The molecule has 0 aliphatic heterocycles. The van der Waals surface area contributed by atoms with Crippen LogP contribution in [-0.4, -0.2) is 17.9 Å². The molecule has 4 nitrogen and oxygen atoms in total. The number of hydrogen-bond acceptors (Lipinski definition) is 2. The Morgan fingerprint density at radius 2 is 1.43 bits per heavy atom. The van der Waals surface area contributed by atoms with Crippen molar-refractivity contribution in [1.29, 1.82) is 0 Å². The van der Waals surface area contributed by atoms with Crippen LogP contribution in [0, 0.1) is 0 Å². The Morgan fingerprint density at radius 3 is 1.96 bits per heavy atom. The predicted octanol–water partition coefficient (Wildman–Crippen LogP) is 3.55. The third kappa shape index (κ3) is 5.48. The van der Waals surface area contributed by atoms with Gasteiger partial charge in [-0.3, -0.25) is 9.59 Å². The van der Waals surface area contributed by atoms with Crippen LogP contribution in [0.5, 0.6) is 0 Å². The molecule has 0 fully saturated rings. The van der Waals surface area contributed by atoms with Gasteiger partial charge in [-0.05, 0) is 29.8 Å². The van der Waals surface area contributed by atoms with Gasteiger partial charge in [-0.15, -0.1) is 0 Å². The largest absolute Gasteiger partial charge is 0.416 e. The van der Waals surface area contributed by atoms with E-state index in [0.717, 1.165) is 36.4 Å². The van der Waals surface area contributed by atoms with Gasteiger partial charge in [0.1, 0.15) is 6.04 Å². The summed E-state index contributed by atoms with van der Waals surface area (Å²) in [5.41, 5.74) is 2.87. The lowest BCUT2D eigenvalue weighted by atomic mass is 10.0. The molecule has 28 heavy (non-hydrogen) atoms. The van der Waals surface area contributed by atoms with Gasteiger partial charge in [-0.2, -0.15) is 26.3 Å². The Labute approximate surface area is 155 Å². The quantitative estimate of drug-likeness (QED) is 0.749. The average molecular weight is 404 g/mol. The fraction of sp³-hybridized carbons (Fsp3) is 0.222. The topological polar surface area (TPSA) is 72.2 Å². The summed E-state index contributed by atoms with van der Waals surface area (Å²) in [6.45, 7) is 0. The molecule has 0 aliphatic rings. The molecule has 0 aliphatic carbocycles. The van der Waals surface area contributed by atoms with Gasteiger partial charge in [0, 0.05) is 12.0 Å². The first-order valence-electron chi connectivity index (χ1n) is 7.81. The first kappa shape index (κ1) is 21.3. The van der Waals surface area contributed by atoms with E-state index in [1.807, 2.05) is 0 Å². The van der Waals surface area contributed by atoms with E-state index in [1.165, 1.54) is 6.07 Å². The summed E-state index contributed by atoms with van der Waals surface area (Å²) in [4.78, 5) is 23.8. The monoisotopic (exact) mass is 404 g/mol. The molecule has 0 saturated carbocycles. The lowest BCUT2D eigenvalue weighted by Crippen LogP contribution is -2.45. The molecule has 2 rings (SSSR count). The number of carbonyl (C=O) groups excluding carboxylic acids is 2. The van der Waals surface area contributed by atoms with Crippen LogP contribution in [-0.2, 0) is 23.6 Å². The van der Waals surface area contributed by atoms with Gasteiger partial charge in [0.15, 0.2) is 0 Å². The Morgan fingerprint density at radius 1 is 0.893 bits per heavy atom. The number of hydrogen-bond donors (Lipinski definition) is 2. The Bertz CT molecular complexity index is 877. The number of rotatable bonds is 5. The van der Waals surface area contributed by atoms with Crippen LogP contribution >= 0.6 is 0 Å². The first-order valence-corrected chi connectivity index (χ1v) is 7.81. The molecule has 10 heteroatoms. The Hall–Kier alpha value is -3.04. The lowest BCUT2D eigenvalue weighted by Gasteiger charge is -2.17. The minimum atomic E-state index is -4.67. The maximum absolute atomic E-state index is 12.8. The highest BCUT2D eigenvalue weighted by atomic mass is 19.4. The van der Waals surface area contributed by atoms with Crippen LogP contribution in [0.1, 0.15) is 27.0 Å². The second-order valence-corrected chi connectivity index (χ2v) is 5.91. The van der Waals surface area contributed by atoms with E-state index in [0.29, 0.717) is 6.07 Å². The minimum absolute atomic E-state index is 0.0722. The number of primary amides is 1. The number of alkyl halides is 6. The fourth-order valence-corrected chi connectivity index (χ4v) is 2.41. The van der Waals surface area contributed by atoms with E-state index in [2.05, 4.69) is 5.32 Å². The molecule has 1 atom stereocenters. The van der Waals surface area contributed by atoms with Crippen molar-refractivity contribution in [2.75, 3.05) is 0 Å². The number of benzene rings is 2. The van der Waals surface area contributed by atoms with E-state index in [9.17, 15) is 35.9 Å². The highest BCUT2D eigenvalue weighted by Gasteiger charge is 2.32. The van der Waals surface area contributed by atoms with E-state index in [-0.39, 0.29) is 17.5 Å². The zero-order valence-electron chi connectivity index (χ0n) is 14.1. The molecule has 0 bridgehead atoms. The van der Waals surface area contributed by atoms with Crippen LogP contribution in [0.25, 0.3) is 0 Å². The van der Waals surface area contributed by atoms with Gasteiger partial charge < -0.3 is 11.1 Å². The standard InChI is InChI=1S/C18H14F6N2O2/c19-17(20,21)12-5-1-3-10(7-12)8-14(15(25)27)26-16(28)11-4-2-6-13(9-11)18(22,23)24/h1-7,9,14H,8H2,(H2,25,27)(H,26,28)/t14-/m1/s1. The van der Waals surface area contributed by atoms with Crippen LogP contribution in [0.2, 0.25) is 0 Å². The summed E-state index contributed by atoms with van der Waals surface area (Å²) in [5, 5.41) is 2.16. The molecule has 150 valence electrons. The summed E-state index contributed by atoms with van der Waals surface area (Å²) in [6, 6.07) is 6.15. The summed E-state index contributed by atoms with van der Waals surface area (Å²) < 4.78 is 76.6. The van der Waals surface area contributed by atoms with Gasteiger partial charge in [0.05, 0.1) is 11.1 Å². The van der Waals surface area contributed by atoms with Crippen molar-refractivity contribution in [1.82, 2.24) is 5.32 Å². The molecule has 0 heterocycles. The number of carbonyl (C=O) groups is 2.